The standard InChI is InChI=1S/C10H9BrN2O/c1-5-8(11)6(2)13-10-7(14)3-4-12-9(5)10/h3-4H,1-2H3,(H,12,14). The molecule has 0 aromatic carbocycles. The van der Waals surface area contributed by atoms with Gasteiger partial charge in [-0.25, -0.2) is 4.98 Å². The number of rotatable bonds is 0. The van der Waals surface area contributed by atoms with Crippen LogP contribution in [0.1, 0.15) is 11.3 Å². The van der Waals surface area contributed by atoms with Gasteiger partial charge in [0.1, 0.15) is 11.3 Å². The summed E-state index contributed by atoms with van der Waals surface area (Å²) >= 11 is 3.44. The Morgan fingerprint density at radius 3 is 2.71 bits per heavy atom. The number of fused-ring (bicyclic) bond motifs is 1. The minimum absolute atomic E-state index is 0.175. The summed E-state index contributed by atoms with van der Waals surface area (Å²) in [6, 6.07) is 1.54. The molecule has 72 valence electrons. The molecule has 0 saturated heterocycles. The van der Waals surface area contributed by atoms with Crippen molar-refractivity contribution in [1.29, 1.82) is 0 Å². The number of aryl methyl sites for hydroxylation is 2. The average molecular weight is 253 g/mol. The van der Waals surface area contributed by atoms with Crippen LogP contribution in [0.4, 0.5) is 0 Å². The van der Waals surface area contributed by atoms with Crippen molar-refractivity contribution in [3.05, 3.63) is 28.0 Å². The zero-order valence-electron chi connectivity index (χ0n) is 7.87. The van der Waals surface area contributed by atoms with Crippen molar-refractivity contribution in [2.75, 3.05) is 0 Å². The smallest absolute Gasteiger partial charge is 0.144 e. The first-order valence-electron chi connectivity index (χ1n) is 4.21. The first-order chi connectivity index (χ1) is 6.61. The van der Waals surface area contributed by atoms with Gasteiger partial charge in [-0.2, -0.15) is 0 Å². The Labute approximate surface area is 89.9 Å². The van der Waals surface area contributed by atoms with Gasteiger partial charge in [-0.15, -0.1) is 0 Å². The van der Waals surface area contributed by atoms with E-state index < -0.39 is 0 Å². The monoisotopic (exact) mass is 252 g/mol. The second-order valence-corrected chi connectivity index (χ2v) is 3.96. The second kappa shape index (κ2) is 3.20. The molecule has 0 fully saturated rings. The first-order valence-corrected chi connectivity index (χ1v) is 5.01. The maximum Gasteiger partial charge on any atom is 0.144 e. The highest BCUT2D eigenvalue weighted by molar-refractivity contribution is 9.10. The number of hydrogen-bond acceptors (Lipinski definition) is 3. The number of aromatic nitrogens is 2. The highest BCUT2D eigenvalue weighted by Gasteiger charge is 2.10. The molecule has 0 atom stereocenters. The molecule has 4 heteroatoms. The molecule has 2 rings (SSSR count). The van der Waals surface area contributed by atoms with E-state index in [1.807, 2.05) is 13.8 Å². The van der Waals surface area contributed by atoms with Gasteiger partial charge < -0.3 is 5.11 Å². The Morgan fingerprint density at radius 2 is 2.00 bits per heavy atom. The van der Waals surface area contributed by atoms with Crippen LogP contribution in [0.3, 0.4) is 0 Å². The summed E-state index contributed by atoms with van der Waals surface area (Å²) in [5, 5.41) is 9.59. The highest BCUT2D eigenvalue weighted by Crippen LogP contribution is 2.29. The lowest BCUT2D eigenvalue weighted by atomic mass is 10.2. The molecule has 0 unspecified atom stereocenters. The summed E-state index contributed by atoms with van der Waals surface area (Å²) in [5.41, 5.74) is 3.16. The van der Waals surface area contributed by atoms with Crippen molar-refractivity contribution < 1.29 is 5.11 Å². The third-order valence-electron chi connectivity index (χ3n) is 2.18. The van der Waals surface area contributed by atoms with Gasteiger partial charge in [-0.3, -0.25) is 4.98 Å². The molecule has 2 heterocycles. The number of halogens is 1. The molecule has 0 aliphatic heterocycles. The van der Waals surface area contributed by atoms with Gasteiger partial charge in [0.25, 0.3) is 0 Å². The fourth-order valence-corrected chi connectivity index (χ4v) is 1.70. The number of pyridine rings is 2. The highest BCUT2D eigenvalue weighted by atomic mass is 79.9. The van der Waals surface area contributed by atoms with Crippen LogP contribution in [0, 0.1) is 13.8 Å². The van der Waals surface area contributed by atoms with Gasteiger partial charge in [0.05, 0.1) is 11.2 Å². The summed E-state index contributed by atoms with van der Waals surface area (Å²) in [5.74, 6) is 0.175. The van der Waals surface area contributed by atoms with Crippen molar-refractivity contribution in [3.63, 3.8) is 0 Å². The largest absolute Gasteiger partial charge is 0.506 e. The third kappa shape index (κ3) is 1.26. The molecule has 3 nitrogen and oxygen atoms in total. The molecule has 1 N–H and O–H groups in total. The van der Waals surface area contributed by atoms with E-state index in [4.69, 9.17) is 0 Å². The number of aromatic hydroxyl groups is 1. The quantitative estimate of drug-likeness (QED) is 0.785. The molecule has 14 heavy (non-hydrogen) atoms. The van der Waals surface area contributed by atoms with E-state index in [-0.39, 0.29) is 5.75 Å². The molecule has 2 aromatic heterocycles. The predicted molar refractivity (Wildman–Crippen MR) is 58.4 cm³/mol. The topological polar surface area (TPSA) is 46.0 Å². The lowest BCUT2D eigenvalue weighted by Gasteiger charge is -2.06. The van der Waals surface area contributed by atoms with E-state index in [9.17, 15) is 5.11 Å². The Bertz CT molecular complexity index is 511. The van der Waals surface area contributed by atoms with Crippen molar-refractivity contribution in [1.82, 2.24) is 9.97 Å². The fraction of sp³-hybridized carbons (Fsp3) is 0.200. The molecule has 0 radical (unpaired) electrons. The molecule has 0 bridgehead atoms. The van der Waals surface area contributed by atoms with Gasteiger partial charge in [0, 0.05) is 16.7 Å². The average Bonchev–Trinajstić information content (AvgIpc) is 2.17. The van der Waals surface area contributed by atoms with E-state index in [2.05, 4.69) is 25.9 Å². The van der Waals surface area contributed by atoms with Crippen LogP contribution in [0.25, 0.3) is 11.0 Å². The van der Waals surface area contributed by atoms with Crippen LogP contribution in [-0.2, 0) is 0 Å². The van der Waals surface area contributed by atoms with E-state index in [0.29, 0.717) is 5.52 Å². The van der Waals surface area contributed by atoms with Gasteiger partial charge in [0.15, 0.2) is 0 Å². The maximum absolute atomic E-state index is 9.59. The second-order valence-electron chi connectivity index (χ2n) is 3.16. The summed E-state index contributed by atoms with van der Waals surface area (Å²) in [6.45, 7) is 3.84. The van der Waals surface area contributed by atoms with Gasteiger partial charge >= 0.3 is 0 Å². The van der Waals surface area contributed by atoms with Crippen LogP contribution < -0.4 is 0 Å². The Balaban J connectivity index is 2.98. The molecule has 0 aliphatic rings. The van der Waals surface area contributed by atoms with Crippen LogP contribution in [0.15, 0.2) is 16.7 Å². The van der Waals surface area contributed by atoms with Crippen LogP contribution >= 0.6 is 15.9 Å². The first kappa shape index (κ1) is 9.40. The molecular weight excluding hydrogens is 244 g/mol. The molecular formula is C10H9BrN2O. The molecule has 2 aromatic rings. The van der Waals surface area contributed by atoms with Crippen molar-refractivity contribution in [2.24, 2.45) is 0 Å². The van der Waals surface area contributed by atoms with Crippen molar-refractivity contribution >= 4 is 27.0 Å². The minimum atomic E-state index is 0.175. The van der Waals surface area contributed by atoms with Crippen molar-refractivity contribution in [3.8, 4) is 5.75 Å². The van der Waals surface area contributed by atoms with Gasteiger partial charge in [-0.05, 0) is 35.3 Å². The van der Waals surface area contributed by atoms with Crippen LogP contribution in [0.2, 0.25) is 0 Å². The Morgan fingerprint density at radius 1 is 1.29 bits per heavy atom. The van der Waals surface area contributed by atoms with Crippen LogP contribution in [0.5, 0.6) is 5.75 Å². The molecule has 0 aliphatic carbocycles. The van der Waals surface area contributed by atoms with E-state index in [1.165, 1.54) is 0 Å². The van der Waals surface area contributed by atoms with Gasteiger partial charge in [-0.1, -0.05) is 0 Å². The van der Waals surface area contributed by atoms with Gasteiger partial charge in [0.2, 0.25) is 0 Å². The fourth-order valence-electron chi connectivity index (χ4n) is 1.42. The molecule has 0 spiro atoms. The summed E-state index contributed by atoms with van der Waals surface area (Å²) in [7, 11) is 0. The van der Waals surface area contributed by atoms with E-state index >= 15 is 0 Å². The summed E-state index contributed by atoms with van der Waals surface area (Å²) < 4.78 is 0.947. The molecule has 0 amide bonds. The lowest BCUT2D eigenvalue weighted by molar-refractivity contribution is 0.479. The normalized spacial score (nSPS) is 10.8. The predicted octanol–water partition coefficient (Wildman–Crippen LogP) is 2.71. The van der Waals surface area contributed by atoms with Crippen molar-refractivity contribution in [2.45, 2.75) is 13.8 Å². The minimum Gasteiger partial charge on any atom is -0.506 e. The Kier molecular flexibility index (Phi) is 2.15. The third-order valence-corrected chi connectivity index (χ3v) is 3.35. The van der Waals surface area contributed by atoms with Crippen LogP contribution in [-0.4, -0.2) is 15.1 Å². The van der Waals surface area contributed by atoms with E-state index in [0.717, 1.165) is 21.2 Å². The zero-order chi connectivity index (χ0) is 10.3. The Hall–Kier alpha value is -1.16. The number of hydrogen-bond donors (Lipinski definition) is 1. The maximum atomic E-state index is 9.59. The van der Waals surface area contributed by atoms with E-state index in [1.54, 1.807) is 12.3 Å². The zero-order valence-corrected chi connectivity index (χ0v) is 9.46. The number of nitrogens with zero attached hydrogens (tertiary/aromatic N) is 2. The summed E-state index contributed by atoms with van der Waals surface area (Å²) in [6.07, 6.45) is 1.58. The SMILES string of the molecule is Cc1nc2c(O)ccnc2c(C)c1Br. The lowest BCUT2D eigenvalue weighted by Crippen LogP contribution is -1.92. The molecule has 0 saturated carbocycles. The summed E-state index contributed by atoms with van der Waals surface area (Å²) in [4.78, 5) is 8.47.